The topological polar surface area (TPSA) is 115 Å². The molecular formula is C7H11ClO6. The minimum Gasteiger partial charge on any atom is -0.394 e. The van der Waals surface area contributed by atoms with Crippen LogP contribution in [0.5, 0.6) is 0 Å². The second-order valence-corrected chi connectivity index (χ2v) is 3.13. The zero-order valence-corrected chi connectivity index (χ0v) is 8.10. The lowest BCUT2D eigenvalue weighted by molar-refractivity contribution is -0.168. The fraction of sp³-hybridized carbons (Fsp3) is 0.714. The van der Waals surface area contributed by atoms with Crippen LogP contribution >= 0.6 is 11.6 Å². The van der Waals surface area contributed by atoms with E-state index in [2.05, 4.69) is 0 Å². The average molecular weight is 227 g/mol. The van der Waals surface area contributed by atoms with Crippen LogP contribution in [0.25, 0.3) is 0 Å². The van der Waals surface area contributed by atoms with Crippen LogP contribution in [0.2, 0.25) is 0 Å². The molecule has 0 radical (unpaired) electrons. The second kappa shape index (κ2) is 4.81. The molecule has 0 saturated carbocycles. The van der Waals surface area contributed by atoms with Crippen LogP contribution in [0.15, 0.2) is 0 Å². The summed E-state index contributed by atoms with van der Waals surface area (Å²) in [6.07, 6.45) is -3.98. The van der Waals surface area contributed by atoms with E-state index in [9.17, 15) is 19.8 Å². The Morgan fingerprint density at radius 3 is 2.07 bits per heavy atom. The molecule has 0 fully saturated rings. The van der Waals surface area contributed by atoms with E-state index in [0.29, 0.717) is 0 Å². The molecule has 0 aromatic heterocycles. The lowest BCUT2D eigenvalue weighted by Gasteiger charge is -2.29. The molecule has 0 spiro atoms. The fourth-order valence-electron chi connectivity index (χ4n) is 0.841. The molecule has 0 unspecified atom stereocenters. The minimum atomic E-state index is -2.89. The summed E-state index contributed by atoms with van der Waals surface area (Å²) in [5, 5.41) is 34.4. The summed E-state index contributed by atoms with van der Waals surface area (Å²) < 4.78 is 0. The standard InChI is InChI=1S/C7H11ClO6/c1-3(10)7(14,6(8)13)5(12)4(11)2-9/h4-5,9,11-12,14H,2H2,1H3/t4-,5+,7-/m1/s1. The Hall–Kier alpha value is -0.530. The van der Waals surface area contributed by atoms with Gasteiger partial charge in [-0.05, 0) is 18.5 Å². The van der Waals surface area contributed by atoms with E-state index in [-0.39, 0.29) is 0 Å². The van der Waals surface area contributed by atoms with E-state index < -0.39 is 35.4 Å². The first kappa shape index (κ1) is 13.5. The van der Waals surface area contributed by atoms with Gasteiger partial charge in [0.25, 0.3) is 5.24 Å². The Kier molecular flexibility index (Phi) is 4.63. The maximum absolute atomic E-state index is 10.9. The van der Waals surface area contributed by atoms with Crippen LogP contribution in [-0.2, 0) is 9.59 Å². The van der Waals surface area contributed by atoms with Gasteiger partial charge in [0.1, 0.15) is 12.2 Å². The summed E-state index contributed by atoms with van der Waals surface area (Å²) >= 11 is 4.91. The van der Waals surface area contributed by atoms with Gasteiger partial charge in [0.05, 0.1) is 6.61 Å². The molecule has 0 aromatic rings. The average Bonchev–Trinajstić information content (AvgIpc) is 2.13. The summed E-state index contributed by atoms with van der Waals surface area (Å²) in [5.74, 6) is -1.11. The molecule has 4 N–H and O–H groups in total. The number of aliphatic hydroxyl groups excluding tert-OH is 3. The number of rotatable bonds is 5. The van der Waals surface area contributed by atoms with Gasteiger partial charge in [0.15, 0.2) is 5.78 Å². The smallest absolute Gasteiger partial charge is 0.263 e. The van der Waals surface area contributed by atoms with Gasteiger partial charge in [-0.1, -0.05) is 0 Å². The van der Waals surface area contributed by atoms with Gasteiger partial charge >= 0.3 is 0 Å². The monoisotopic (exact) mass is 226 g/mol. The molecule has 6 nitrogen and oxygen atoms in total. The lowest BCUT2D eigenvalue weighted by atomic mass is 9.90. The lowest BCUT2D eigenvalue weighted by Crippen LogP contribution is -2.58. The number of Topliss-reactive ketones (excluding diaryl/α,β-unsaturated/α-hetero) is 1. The zero-order valence-electron chi connectivity index (χ0n) is 7.35. The Balaban J connectivity index is 5.02. The van der Waals surface area contributed by atoms with Crippen LogP contribution in [-0.4, -0.2) is 55.9 Å². The van der Waals surface area contributed by atoms with Crippen molar-refractivity contribution >= 4 is 22.6 Å². The molecular weight excluding hydrogens is 216 g/mol. The molecule has 0 saturated heterocycles. The van der Waals surface area contributed by atoms with Crippen molar-refractivity contribution in [3.8, 4) is 0 Å². The number of halogens is 1. The van der Waals surface area contributed by atoms with Crippen LogP contribution in [0.1, 0.15) is 6.92 Å². The summed E-state index contributed by atoms with van der Waals surface area (Å²) in [5.41, 5.74) is -2.89. The van der Waals surface area contributed by atoms with Gasteiger partial charge in [-0.2, -0.15) is 0 Å². The molecule has 0 rings (SSSR count). The summed E-state index contributed by atoms with van der Waals surface area (Å²) in [6, 6.07) is 0. The van der Waals surface area contributed by atoms with E-state index in [1.807, 2.05) is 0 Å². The number of aliphatic hydroxyl groups is 4. The van der Waals surface area contributed by atoms with Crippen molar-refractivity contribution in [2.24, 2.45) is 0 Å². The molecule has 0 aliphatic heterocycles. The van der Waals surface area contributed by atoms with Crippen LogP contribution in [0.3, 0.4) is 0 Å². The number of hydrogen-bond acceptors (Lipinski definition) is 6. The van der Waals surface area contributed by atoms with Crippen molar-refractivity contribution in [1.29, 1.82) is 0 Å². The highest BCUT2D eigenvalue weighted by Crippen LogP contribution is 2.19. The molecule has 82 valence electrons. The molecule has 0 heterocycles. The van der Waals surface area contributed by atoms with Gasteiger partial charge in [0.2, 0.25) is 5.60 Å². The van der Waals surface area contributed by atoms with Crippen molar-refractivity contribution < 1.29 is 30.0 Å². The molecule has 0 aromatic carbocycles. The van der Waals surface area contributed by atoms with E-state index in [0.717, 1.165) is 6.92 Å². The van der Waals surface area contributed by atoms with Gasteiger partial charge in [-0.3, -0.25) is 9.59 Å². The zero-order chi connectivity index (χ0) is 11.5. The van der Waals surface area contributed by atoms with Gasteiger partial charge in [-0.15, -0.1) is 0 Å². The van der Waals surface area contributed by atoms with Crippen molar-refractivity contribution in [2.75, 3.05) is 6.61 Å². The first-order valence-corrected chi connectivity index (χ1v) is 4.06. The number of ketones is 1. The van der Waals surface area contributed by atoms with E-state index in [1.165, 1.54) is 0 Å². The molecule has 7 heteroatoms. The normalized spacial score (nSPS) is 19.6. The third kappa shape index (κ3) is 2.28. The number of carbonyl (C=O) groups excluding carboxylic acids is 2. The van der Waals surface area contributed by atoms with Crippen LogP contribution < -0.4 is 0 Å². The first-order chi connectivity index (χ1) is 6.28. The summed E-state index contributed by atoms with van der Waals surface area (Å²) in [6.45, 7) is -0.0888. The predicted octanol–water partition coefficient (Wildman–Crippen LogP) is -2.21. The SMILES string of the molecule is CC(=O)[C@](O)(C(=O)Cl)[C@@H](O)[C@H](O)CO. The molecule has 0 bridgehead atoms. The third-order valence-electron chi connectivity index (χ3n) is 1.82. The maximum atomic E-state index is 10.9. The van der Waals surface area contributed by atoms with E-state index >= 15 is 0 Å². The Morgan fingerprint density at radius 2 is 1.86 bits per heavy atom. The molecule has 14 heavy (non-hydrogen) atoms. The molecule has 3 atom stereocenters. The first-order valence-electron chi connectivity index (χ1n) is 3.68. The Morgan fingerprint density at radius 1 is 1.43 bits per heavy atom. The largest absolute Gasteiger partial charge is 0.394 e. The molecule has 0 amide bonds. The third-order valence-corrected chi connectivity index (χ3v) is 2.10. The summed E-state index contributed by atoms with van der Waals surface area (Å²) in [4.78, 5) is 21.6. The van der Waals surface area contributed by atoms with Crippen molar-refractivity contribution in [3.63, 3.8) is 0 Å². The predicted molar refractivity (Wildman–Crippen MR) is 45.6 cm³/mol. The fourth-order valence-corrected chi connectivity index (χ4v) is 1.09. The van der Waals surface area contributed by atoms with Gasteiger partial charge in [-0.25, -0.2) is 0 Å². The van der Waals surface area contributed by atoms with Gasteiger partial charge < -0.3 is 20.4 Å². The van der Waals surface area contributed by atoms with E-state index in [1.54, 1.807) is 0 Å². The Labute approximate surface area is 84.7 Å². The van der Waals surface area contributed by atoms with Crippen molar-refractivity contribution in [2.45, 2.75) is 24.7 Å². The second-order valence-electron chi connectivity index (χ2n) is 2.79. The minimum absolute atomic E-state index is 0.827. The van der Waals surface area contributed by atoms with Crippen molar-refractivity contribution in [3.05, 3.63) is 0 Å². The molecule has 0 aliphatic rings. The Bertz CT molecular complexity index is 226. The highest BCUT2D eigenvalue weighted by molar-refractivity contribution is 6.67. The van der Waals surface area contributed by atoms with Gasteiger partial charge in [0, 0.05) is 0 Å². The highest BCUT2D eigenvalue weighted by Gasteiger charge is 2.49. The number of hydrogen-bond donors (Lipinski definition) is 4. The van der Waals surface area contributed by atoms with Crippen LogP contribution in [0, 0.1) is 0 Å². The number of carbonyl (C=O) groups is 2. The molecule has 0 aliphatic carbocycles. The highest BCUT2D eigenvalue weighted by atomic mass is 35.5. The van der Waals surface area contributed by atoms with Crippen LogP contribution in [0.4, 0.5) is 0 Å². The van der Waals surface area contributed by atoms with E-state index in [4.69, 9.17) is 21.8 Å². The maximum Gasteiger partial charge on any atom is 0.263 e. The van der Waals surface area contributed by atoms with Crippen molar-refractivity contribution in [1.82, 2.24) is 0 Å². The quantitative estimate of drug-likeness (QED) is 0.312. The summed E-state index contributed by atoms with van der Waals surface area (Å²) in [7, 11) is 0.